The molecule has 0 atom stereocenters. The van der Waals surface area contributed by atoms with Gasteiger partial charge in [-0.15, -0.1) is 0 Å². The second-order valence-electron chi connectivity index (χ2n) is 3.36. The highest BCUT2D eigenvalue weighted by molar-refractivity contribution is 6.58. The summed E-state index contributed by atoms with van der Waals surface area (Å²) >= 11 is 0. The van der Waals surface area contributed by atoms with Crippen molar-refractivity contribution in [2.45, 2.75) is 26.2 Å². The van der Waals surface area contributed by atoms with Crippen LogP contribution in [-0.2, 0) is 0 Å². The van der Waals surface area contributed by atoms with E-state index in [1.54, 1.807) is 12.1 Å². The molecule has 2 N–H and O–H groups in total. The third-order valence-electron chi connectivity index (χ3n) is 2.06. The van der Waals surface area contributed by atoms with E-state index in [2.05, 4.69) is 11.9 Å². The zero-order valence-electron chi connectivity index (χ0n) is 8.89. The first kappa shape index (κ1) is 12.0. The van der Waals surface area contributed by atoms with Gasteiger partial charge in [-0.3, -0.25) is 0 Å². The van der Waals surface area contributed by atoms with E-state index in [0.29, 0.717) is 17.9 Å². The zero-order valence-corrected chi connectivity index (χ0v) is 8.89. The number of ether oxygens (including phenoxy) is 1. The minimum atomic E-state index is -1.47. The number of rotatable bonds is 6. The molecule has 1 aromatic rings. The monoisotopic (exact) mass is 209 g/mol. The number of pyridine rings is 1. The van der Waals surface area contributed by atoms with Gasteiger partial charge in [-0.1, -0.05) is 25.8 Å². The van der Waals surface area contributed by atoms with Crippen LogP contribution in [0.25, 0.3) is 0 Å². The summed E-state index contributed by atoms with van der Waals surface area (Å²) in [5.41, 5.74) is 0.371. The van der Waals surface area contributed by atoms with Crippen LogP contribution in [0.2, 0.25) is 0 Å². The van der Waals surface area contributed by atoms with Gasteiger partial charge in [-0.2, -0.15) is 0 Å². The SMILES string of the molecule is CCCCCOc1ccc(B(O)O)cn1. The molecule has 0 unspecified atom stereocenters. The molecule has 0 aromatic carbocycles. The summed E-state index contributed by atoms with van der Waals surface area (Å²) in [7, 11) is -1.47. The summed E-state index contributed by atoms with van der Waals surface area (Å²) < 4.78 is 5.37. The number of hydrogen-bond donors (Lipinski definition) is 2. The molecule has 0 spiro atoms. The lowest BCUT2D eigenvalue weighted by atomic mass is 9.82. The highest BCUT2D eigenvalue weighted by Crippen LogP contribution is 2.04. The highest BCUT2D eigenvalue weighted by Gasteiger charge is 2.10. The molecule has 4 nitrogen and oxygen atoms in total. The fourth-order valence-corrected chi connectivity index (χ4v) is 1.16. The van der Waals surface area contributed by atoms with Crippen LogP contribution in [0.5, 0.6) is 5.88 Å². The van der Waals surface area contributed by atoms with E-state index in [1.807, 2.05) is 0 Å². The van der Waals surface area contributed by atoms with Crippen LogP contribution in [0.15, 0.2) is 18.3 Å². The van der Waals surface area contributed by atoms with E-state index in [0.717, 1.165) is 19.3 Å². The van der Waals surface area contributed by atoms with Gasteiger partial charge in [0, 0.05) is 11.7 Å². The number of aromatic nitrogens is 1. The number of unbranched alkanes of at least 4 members (excludes halogenated alkanes) is 2. The third-order valence-corrected chi connectivity index (χ3v) is 2.06. The Hall–Kier alpha value is -1.07. The Kier molecular flexibility index (Phi) is 5.14. The third kappa shape index (κ3) is 4.31. The Balaban J connectivity index is 2.36. The lowest BCUT2D eigenvalue weighted by molar-refractivity contribution is 0.295. The van der Waals surface area contributed by atoms with Gasteiger partial charge < -0.3 is 14.8 Å². The minimum absolute atomic E-state index is 0.371. The van der Waals surface area contributed by atoms with Gasteiger partial charge in [0.2, 0.25) is 5.88 Å². The van der Waals surface area contributed by atoms with E-state index >= 15 is 0 Å². The molecule has 0 radical (unpaired) electrons. The fraction of sp³-hybridized carbons (Fsp3) is 0.500. The van der Waals surface area contributed by atoms with Crippen molar-refractivity contribution < 1.29 is 14.8 Å². The molecule has 1 aromatic heterocycles. The van der Waals surface area contributed by atoms with Crippen LogP contribution < -0.4 is 10.2 Å². The average molecular weight is 209 g/mol. The smallest absolute Gasteiger partial charge is 0.478 e. The molecule has 15 heavy (non-hydrogen) atoms. The van der Waals surface area contributed by atoms with Crippen LogP contribution in [-0.4, -0.2) is 28.8 Å². The molecule has 82 valence electrons. The van der Waals surface area contributed by atoms with Gasteiger partial charge >= 0.3 is 7.12 Å². The molecule has 1 rings (SSSR count). The summed E-state index contributed by atoms with van der Waals surface area (Å²) in [4.78, 5) is 3.96. The molecule has 0 saturated heterocycles. The lowest BCUT2D eigenvalue weighted by Crippen LogP contribution is -2.29. The van der Waals surface area contributed by atoms with Crippen LogP contribution in [0.3, 0.4) is 0 Å². The van der Waals surface area contributed by atoms with Gasteiger partial charge in [0.25, 0.3) is 0 Å². The Morgan fingerprint density at radius 2 is 2.13 bits per heavy atom. The molecule has 0 fully saturated rings. The van der Waals surface area contributed by atoms with E-state index in [9.17, 15) is 0 Å². The van der Waals surface area contributed by atoms with Crippen molar-refractivity contribution in [1.82, 2.24) is 4.98 Å². The largest absolute Gasteiger partial charge is 0.490 e. The highest BCUT2D eigenvalue weighted by atomic mass is 16.5. The number of hydrogen-bond acceptors (Lipinski definition) is 4. The lowest BCUT2D eigenvalue weighted by Gasteiger charge is -2.05. The summed E-state index contributed by atoms with van der Waals surface area (Å²) in [5.74, 6) is 0.524. The first-order chi connectivity index (χ1) is 7.24. The maximum Gasteiger partial charge on any atom is 0.490 e. The number of nitrogens with zero attached hydrogens (tertiary/aromatic N) is 1. The predicted octanol–water partition coefficient (Wildman–Crippen LogP) is 0.330. The van der Waals surface area contributed by atoms with Gasteiger partial charge in [-0.05, 0) is 12.5 Å². The Morgan fingerprint density at radius 3 is 2.67 bits per heavy atom. The van der Waals surface area contributed by atoms with Crippen LogP contribution >= 0.6 is 0 Å². The van der Waals surface area contributed by atoms with Crippen LogP contribution in [0.4, 0.5) is 0 Å². The molecule has 0 saturated carbocycles. The Morgan fingerprint density at radius 1 is 1.33 bits per heavy atom. The normalized spacial score (nSPS) is 10.1. The summed E-state index contributed by atoms with van der Waals surface area (Å²) in [6.07, 6.45) is 4.72. The molecular weight excluding hydrogens is 193 g/mol. The van der Waals surface area contributed by atoms with Crippen molar-refractivity contribution in [2.24, 2.45) is 0 Å². The second-order valence-corrected chi connectivity index (χ2v) is 3.36. The first-order valence-electron chi connectivity index (χ1n) is 5.19. The van der Waals surface area contributed by atoms with E-state index < -0.39 is 7.12 Å². The Bertz CT molecular complexity index is 277. The predicted molar refractivity (Wildman–Crippen MR) is 59.1 cm³/mol. The maximum absolute atomic E-state index is 8.84. The zero-order chi connectivity index (χ0) is 11.1. The maximum atomic E-state index is 8.84. The summed E-state index contributed by atoms with van der Waals surface area (Å²) in [6.45, 7) is 2.79. The molecule has 0 aliphatic carbocycles. The van der Waals surface area contributed by atoms with Gasteiger partial charge in [0.1, 0.15) is 0 Å². The minimum Gasteiger partial charge on any atom is -0.478 e. The van der Waals surface area contributed by atoms with E-state index in [-0.39, 0.29) is 0 Å². The molecule has 5 heteroatoms. The van der Waals surface area contributed by atoms with Crippen molar-refractivity contribution in [3.63, 3.8) is 0 Å². The van der Waals surface area contributed by atoms with Crippen LogP contribution in [0, 0.1) is 0 Å². The van der Waals surface area contributed by atoms with Gasteiger partial charge in [0.05, 0.1) is 6.61 Å². The molecule has 0 aliphatic heterocycles. The Labute approximate surface area is 90.1 Å². The summed E-state index contributed by atoms with van der Waals surface area (Å²) in [6, 6.07) is 3.23. The second kappa shape index (κ2) is 6.42. The van der Waals surface area contributed by atoms with Crippen molar-refractivity contribution in [3.8, 4) is 5.88 Å². The van der Waals surface area contributed by atoms with E-state index in [4.69, 9.17) is 14.8 Å². The van der Waals surface area contributed by atoms with Crippen molar-refractivity contribution in [3.05, 3.63) is 18.3 Å². The molecule has 0 bridgehead atoms. The molecule has 1 heterocycles. The topological polar surface area (TPSA) is 62.6 Å². The average Bonchev–Trinajstić information content (AvgIpc) is 2.25. The summed E-state index contributed by atoms with van der Waals surface area (Å²) in [5, 5.41) is 17.7. The molecular formula is C10H16BNO3. The molecule has 0 aliphatic rings. The van der Waals surface area contributed by atoms with Gasteiger partial charge in [-0.25, -0.2) is 4.98 Å². The van der Waals surface area contributed by atoms with E-state index in [1.165, 1.54) is 6.20 Å². The van der Waals surface area contributed by atoms with Crippen LogP contribution in [0.1, 0.15) is 26.2 Å². The quantitative estimate of drug-likeness (QED) is 0.523. The van der Waals surface area contributed by atoms with Crippen molar-refractivity contribution in [2.75, 3.05) is 6.61 Å². The van der Waals surface area contributed by atoms with Gasteiger partial charge in [0.15, 0.2) is 0 Å². The van der Waals surface area contributed by atoms with Crippen molar-refractivity contribution in [1.29, 1.82) is 0 Å². The fourth-order valence-electron chi connectivity index (χ4n) is 1.16. The van der Waals surface area contributed by atoms with Crippen molar-refractivity contribution >= 4 is 12.6 Å². The first-order valence-corrected chi connectivity index (χ1v) is 5.19. The standard InChI is InChI=1S/C10H16BNO3/c1-2-3-4-7-15-10-6-5-9(8-12-10)11(13)14/h5-6,8,13-14H,2-4,7H2,1H3. The molecule has 0 amide bonds.